The third kappa shape index (κ3) is 60.7. The van der Waals surface area contributed by atoms with E-state index >= 15 is 0 Å². The number of unbranched alkanes of at least 4 members (excludes halogenated alkanes) is 50. The summed E-state index contributed by atoms with van der Waals surface area (Å²) in [7, 11) is 1.59. The number of likely N-dealkylation sites (N-methyl/N-ethyl adjacent to an activating group) is 1. The highest BCUT2D eigenvalue weighted by molar-refractivity contribution is 7.47. The topological polar surface area (TPSA) is 105 Å². The van der Waals surface area contributed by atoms with Gasteiger partial charge in [0.05, 0.1) is 39.9 Å². The summed E-state index contributed by atoms with van der Waals surface area (Å²) in [6.07, 6.45) is 73.5. The molecule has 9 heteroatoms. The number of nitrogens with zero attached hydrogens (tertiary/aromatic N) is 1. The first-order valence-electron chi connectivity index (χ1n) is 33.6. The zero-order valence-corrected chi connectivity index (χ0v) is 52.2. The van der Waals surface area contributed by atoms with Gasteiger partial charge in [-0.1, -0.05) is 341 Å². The third-order valence-corrected chi connectivity index (χ3v) is 16.7. The van der Waals surface area contributed by atoms with Crippen molar-refractivity contribution < 1.29 is 32.9 Å². The third-order valence-electron chi connectivity index (χ3n) is 15.8. The van der Waals surface area contributed by atoms with Crippen molar-refractivity contribution in [2.24, 2.45) is 0 Å². The van der Waals surface area contributed by atoms with Crippen LogP contribution in [0.25, 0.3) is 0 Å². The highest BCUT2D eigenvalue weighted by atomic mass is 31.2. The Morgan fingerprint density at radius 2 is 0.707 bits per heavy atom. The number of aliphatic hydroxyl groups is 1. The van der Waals surface area contributed by atoms with E-state index in [2.05, 4.69) is 19.2 Å². The van der Waals surface area contributed by atoms with Crippen LogP contribution in [0.3, 0.4) is 0 Å². The predicted octanol–water partition coefficient (Wildman–Crippen LogP) is 20.9. The van der Waals surface area contributed by atoms with E-state index in [1.807, 2.05) is 27.2 Å². The highest BCUT2D eigenvalue weighted by Gasteiger charge is 2.28. The molecule has 3 unspecified atom stereocenters. The molecule has 75 heavy (non-hydrogen) atoms. The van der Waals surface area contributed by atoms with Gasteiger partial charge in [0.1, 0.15) is 13.2 Å². The van der Waals surface area contributed by atoms with Crippen molar-refractivity contribution in [3.63, 3.8) is 0 Å². The smallest absolute Gasteiger partial charge is 0.387 e. The molecule has 0 bridgehead atoms. The van der Waals surface area contributed by atoms with Gasteiger partial charge in [0.2, 0.25) is 5.91 Å². The van der Waals surface area contributed by atoms with Gasteiger partial charge in [0.25, 0.3) is 0 Å². The predicted molar refractivity (Wildman–Crippen MR) is 328 cm³/mol. The normalized spacial score (nSPS) is 13.7. The minimum Gasteiger partial charge on any atom is -0.387 e. The van der Waals surface area contributed by atoms with Crippen LogP contribution in [0.2, 0.25) is 0 Å². The molecule has 0 aliphatic rings. The quantitative estimate of drug-likeness (QED) is 0.0243. The zero-order chi connectivity index (χ0) is 54.9. The number of allylic oxidation sites excluding steroid dienone is 1. The van der Waals surface area contributed by atoms with Gasteiger partial charge in [-0.05, 0) is 19.3 Å². The summed E-state index contributed by atoms with van der Waals surface area (Å²) in [6, 6.07) is -0.843. The van der Waals surface area contributed by atoms with Crippen LogP contribution < -0.4 is 5.32 Å². The van der Waals surface area contributed by atoms with Gasteiger partial charge >= 0.3 is 7.82 Å². The average Bonchev–Trinajstić information content (AvgIpc) is 3.37. The van der Waals surface area contributed by atoms with E-state index in [0.29, 0.717) is 17.4 Å². The van der Waals surface area contributed by atoms with E-state index in [1.165, 1.54) is 302 Å². The number of quaternary nitrogens is 1. The van der Waals surface area contributed by atoms with Crippen molar-refractivity contribution in [3.05, 3.63) is 12.2 Å². The molecule has 0 aromatic carbocycles. The Morgan fingerprint density at radius 1 is 0.440 bits per heavy atom. The second-order valence-electron chi connectivity index (χ2n) is 24.6. The van der Waals surface area contributed by atoms with E-state index in [-0.39, 0.29) is 19.1 Å². The van der Waals surface area contributed by atoms with Crippen molar-refractivity contribution in [1.29, 1.82) is 0 Å². The molecule has 0 aliphatic carbocycles. The van der Waals surface area contributed by atoms with Gasteiger partial charge < -0.3 is 19.8 Å². The Hall–Kier alpha value is -0.760. The lowest BCUT2D eigenvalue weighted by atomic mass is 10.0. The molecular formula is C66H134N2O6P+. The number of aliphatic hydroxyl groups excluding tert-OH is 1. The number of rotatable bonds is 63. The number of amides is 1. The Morgan fingerprint density at radius 3 is 0.987 bits per heavy atom. The van der Waals surface area contributed by atoms with Crippen molar-refractivity contribution in [3.8, 4) is 0 Å². The first-order valence-corrected chi connectivity index (χ1v) is 35.1. The van der Waals surface area contributed by atoms with Gasteiger partial charge in [-0.2, -0.15) is 0 Å². The van der Waals surface area contributed by atoms with Gasteiger partial charge in [-0.3, -0.25) is 13.8 Å². The second-order valence-corrected chi connectivity index (χ2v) is 26.0. The van der Waals surface area contributed by atoms with Gasteiger partial charge in [0.15, 0.2) is 0 Å². The van der Waals surface area contributed by atoms with Gasteiger partial charge in [-0.25, -0.2) is 4.57 Å². The fourth-order valence-corrected chi connectivity index (χ4v) is 11.3. The summed E-state index contributed by atoms with van der Waals surface area (Å²) in [5, 5.41) is 14.0. The largest absolute Gasteiger partial charge is 0.472 e. The van der Waals surface area contributed by atoms with E-state index < -0.39 is 20.0 Å². The molecule has 0 heterocycles. The van der Waals surface area contributed by atoms with Crippen LogP contribution >= 0.6 is 7.82 Å². The molecule has 8 nitrogen and oxygen atoms in total. The standard InChI is InChI=1S/C66H133N2O6P/c1-6-8-10-12-14-16-18-20-22-24-26-28-30-32-33-34-36-38-40-42-44-46-48-50-52-54-56-58-60-66(70)67-64(63-74-75(71,72)73-62-61-68(3,4)5)65(69)59-57-55-53-51-49-47-45-43-41-39-37-35-31-29-27-25-23-21-19-17-15-13-11-9-7-2/h57,59,64-65,69H,6-56,58,60-63H2,1-5H3,(H-,67,70,71,72)/p+1/b59-57+. The number of phosphoric acid groups is 1. The van der Waals surface area contributed by atoms with Crippen LogP contribution in [0.15, 0.2) is 12.2 Å². The van der Waals surface area contributed by atoms with Crippen LogP contribution in [0.1, 0.15) is 354 Å². The monoisotopic (exact) mass is 1080 g/mol. The lowest BCUT2D eigenvalue weighted by Gasteiger charge is -2.25. The summed E-state index contributed by atoms with van der Waals surface area (Å²) in [6.45, 7) is 4.89. The number of hydrogen-bond acceptors (Lipinski definition) is 5. The second kappa shape index (κ2) is 57.9. The van der Waals surface area contributed by atoms with Crippen LogP contribution in [0.5, 0.6) is 0 Å². The van der Waals surface area contributed by atoms with Crippen molar-refractivity contribution in [2.75, 3.05) is 40.9 Å². The maximum atomic E-state index is 13.0. The minimum atomic E-state index is -4.35. The molecule has 0 saturated heterocycles. The number of hydrogen-bond donors (Lipinski definition) is 3. The summed E-state index contributed by atoms with van der Waals surface area (Å²) in [4.78, 5) is 23.4. The van der Waals surface area contributed by atoms with Gasteiger partial charge in [0, 0.05) is 6.42 Å². The number of carbonyl (C=O) groups is 1. The fourth-order valence-electron chi connectivity index (χ4n) is 10.5. The summed E-state index contributed by atoms with van der Waals surface area (Å²) in [5.74, 6) is -0.167. The molecule has 1 amide bonds. The van der Waals surface area contributed by atoms with Crippen molar-refractivity contribution >= 4 is 13.7 Å². The Labute approximate surface area is 469 Å². The highest BCUT2D eigenvalue weighted by Crippen LogP contribution is 2.43. The molecule has 0 aliphatic heterocycles. The molecule has 0 radical (unpaired) electrons. The molecule has 0 aromatic heterocycles. The van der Waals surface area contributed by atoms with Crippen LogP contribution in [-0.2, 0) is 18.4 Å². The van der Waals surface area contributed by atoms with E-state index in [1.54, 1.807) is 6.08 Å². The zero-order valence-electron chi connectivity index (χ0n) is 51.3. The SMILES string of the molecule is CCCCCCCCCCCCCCCCCCCCCCCCC/C=C/C(O)C(COP(=O)(O)OCC[N+](C)(C)C)NC(=O)CCCCCCCCCCCCCCCCCCCCCCCCCCCCCC. The molecule has 0 saturated carbocycles. The lowest BCUT2D eigenvalue weighted by Crippen LogP contribution is -2.45. The average molecular weight is 1080 g/mol. The molecule has 0 spiro atoms. The minimum absolute atomic E-state index is 0.0655. The summed E-state index contributed by atoms with van der Waals surface area (Å²) < 4.78 is 23.8. The lowest BCUT2D eigenvalue weighted by molar-refractivity contribution is -0.870. The molecule has 0 rings (SSSR count). The van der Waals surface area contributed by atoms with Gasteiger partial charge in [-0.15, -0.1) is 0 Å². The van der Waals surface area contributed by atoms with Crippen molar-refractivity contribution in [2.45, 2.75) is 366 Å². The Balaban J connectivity index is 4.06. The number of nitrogens with one attached hydrogen (secondary N) is 1. The van der Waals surface area contributed by atoms with Crippen LogP contribution in [0.4, 0.5) is 0 Å². The molecule has 3 atom stereocenters. The molecule has 0 fully saturated rings. The van der Waals surface area contributed by atoms with Crippen LogP contribution in [-0.4, -0.2) is 73.4 Å². The van der Waals surface area contributed by atoms with E-state index in [9.17, 15) is 19.4 Å². The summed E-state index contributed by atoms with van der Waals surface area (Å²) >= 11 is 0. The fraction of sp³-hybridized carbons (Fsp3) is 0.955. The first kappa shape index (κ1) is 74.2. The molecule has 3 N–H and O–H groups in total. The Bertz CT molecular complexity index is 1230. The Kier molecular flexibility index (Phi) is 57.3. The first-order chi connectivity index (χ1) is 36.5. The molecule has 0 aromatic rings. The molecular weight excluding hydrogens is 948 g/mol. The maximum absolute atomic E-state index is 13.0. The van der Waals surface area contributed by atoms with Crippen molar-refractivity contribution in [1.82, 2.24) is 5.32 Å². The van der Waals surface area contributed by atoms with E-state index in [4.69, 9.17) is 9.05 Å². The molecule has 448 valence electrons. The van der Waals surface area contributed by atoms with E-state index in [0.717, 1.165) is 32.1 Å². The number of phosphoric ester groups is 1. The van der Waals surface area contributed by atoms with Crippen LogP contribution in [0, 0.1) is 0 Å². The summed E-state index contributed by atoms with van der Waals surface area (Å²) in [5.41, 5.74) is 0. The number of carbonyl (C=O) groups excluding carboxylic acids is 1. The maximum Gasteiger partial charge on any atom is 0.472 e.